The Morgan fingerprint density at radius 3 is 2.21 bits per heavy atom. The SMILES string of the molecule is FC(F)(F)CCN1CCC(CBr)CC1. The van der Waals surface area contributed by atoms with Gasteiger partial charge in [-0.3, -0.25) is 0 Å². The molecule has 0 aromatic carbocycles. The third-order valence-electron chi connectivity index (χ3n) is 2.64. The van der Waals surface area contributed by atoms with Crippen LogP contribution in [0.5, 0.6) is 0 Å². The smallest absolute Gasteiger partial charge is 0.303 e. The van der Waals surface area contributed by atoms with Crippen LogP contribution < -0.4 is 0 Å². The Bertz CT molecular complexity index is 164. The summed E-state index contributed by atoms with van der Waals surface area (Å²) in [6.45, 7) is 1.79. The molecule has 1 saturated heterocycles. The van der Waals surface area contributed by atoms with E-state index >= 15 is 0 Å². The molecule has 0 bridgehead atoms. The van der Waals surface area contributed by atoms with Gasteiger partial charge in [0.25, 0.3) is 0 Å². The molecule has 0 unspecified atom stereocenters. The van der Waals surface area contributed by atoms with Gasteiger partial charge in [0.15, 0.2) is 0 Å². The van der Waals surface area contributed by atoms with Crippen molar-refractivity contribution in [3.05, 3.63) is 0 Å². The molecule has 0 amide bonds. The molecule has 0 saturated carbocycles. The monoisotopic (exact) mass is 273 g/mol. The van der Waals surface area contributed by atoms with E-state index in [1.807, 2.05) is 4.90 Å². The number of hydrogen-bond acceptors (Lipinski definition) is 1. The summed E-state index contributed by atoms with van der Waals surface area (Å²) in [4.78, 5) is 1.91. The van der Waals surface area contributed by atoms with Gasteiger partial charge in [-0.1, -0.05) is 15.9 Å². The predicted molar refractivity (Wildman–Crippen MR) is 53.6 cm³/mol. The van der Waals surface area contributed by atoms with Crippen LogP contribution in [0.3, 0.4) is 0 Å². The van der Waals surface area contributed by atoms with Crippen LogP contribution in [0, 0.1) is 5.92 Å². The lowest BCUT2D eigenvalue weighted by Crippen LogP contribution is -2.36. The topological polar surface area (TPSA) is 3.24 Å². The van der Waals surface area contributed by atoms with Gasteiger partial charge in [-0.2, -0.15) is 13.2 Å². The number of hydrogen-bond donors (Lipinski definition) is 0. The first-order chi connectivity index (χ1) is 6.51. The van der Waals surface area contributed by atoms with Gasteiger partial charge in [-0.15, -0.1) is 0 Å². The van der Waals surface area contributed by atoms with Crippen LogP contribution in [0.25, 0.3) is 0 Å². The molecule has 1 fully saturated rings. The van der Waals surface area contributed by atoms with Gasteiger partial charge >= 0.3 is 6.18 Å². The summed E-state index contributed by atoms with van der Waals surface area (Å²) >= 11 is 3.40. The molecule has 0 spiro atoms. The van der Waals surface area contributed by atoms with Crippen LogP contribution in [-0.2, 0) is 0 Å². The van der Waals surface area contributed by atoms with E-state index in [0.29, 0.717) is 5.92 Å². The highest BCUT2D eigenvalue weighted by Gasteiger charge is 2.28. The van der Waals surface area contributed by atoms with Crippen LogP contribution in [0.2, 0.25) is 0 Å². The summed E-state index contributed by atoms with van der Waals surface area (Å²) in [6, 6.07) is 0. The molecule has 5 heteroatoms. The summed E-state index contributed by atoms with van der Waals surface area (Å²) in [6.07, 6.45) is -2.65. The summed E-state index contributed by atoms with van der Waals surface area (Å²) in [5.41, 5.74) is 0. The zero-order valence-electron chi connectivity index (χ0n) is 7.99. The van der Waals surface area contributed by atoms with E-state index in [9.17, 15) is 13.2 Å². The second-order valence-electron chi connectivity index (χ2n) is 3.80. The fraction of sp³-hybridized carbons (Fsp3) is 1.00. The Balaban J connectivity index is 2.16. The molecule has 0 radical (unpaired) electrons. The van der Waals surface area contributed by atoms with Crippen molar-refractivity contribution in [3.8, 4) is 0 Å². The fourth-order valence-electron chi connectivity index (χ4n) is 1.65. The lowest BCUT2D eigenvalue weighted by molar-refractivity contribution is -0.138. The highest BCUT2D eigenvalue weighted by atomic mass is 79.9. The summed E-state index contributed by atoms with van der Waals surface area (Å²) in [5, 5.41) is 0.972. The standard InChI is InChI=1S/C9H15BrF3N/c10-7-8-1-4-14(5-2-8)6-3-9(11,12)13/h8H,1-7H2. The van der Waals surface area contributed by atoms with Gasteiger partial charge in [0.1, 0.15) is 0 Å². The maximum atomic E-state index is 11.9. The van der Waals surface area contributed by atoms with Gasteiger partial charge < -0.3 is 4.90 Å². The normalized spacial score (nSPS) is 21.4. The Morgan fingerprint density at radius 1 is 1.21 bits per heavy atom. The van der Waals surface area contributed by atoms with E-state index in [0.717, 1.165) is 31.3 Å². The van der Waals surface area contributed by atoms with Crippen LogP contribution in [0.4, 0.5) is 13.2 Å². The minimum absolute atomic E-state index is 0.165. The van der Waals surface area contributed by atoms with E-state index in [1.54, 1.807) is 0 Å². The average molecular weight is 274 g/mol. The third kappa shape index (κ3) is 4.64. The first-order valence-electron chi connectivity index (χ1n) is 4.86. The number of alkyl halides is 4. The average Bonchev–Trinajstić information content (AvgIpc) is 2.14. The molecule has 1 nitrogen and oxygen atoms in total. The predicted octanol–water partition coefficient (Wildman–Crippen LogP) is 3.05. The zero-order valence-corrected chi connectivity index (χ0v) is 9.57. The maximum Gasteiger partial charge on any atom is 0.390 e. The van der Waals surface area contributed by atoms with Crippen molar-refractivity contribution in [2.45, 2.75) is 25.4 Å². The third-order valence-corrected chi connectivity index (χ3v) is 3.55. The Morgan fingerprint density at radius 2 is 1.79 bits per heavy atom. The zero-order chi connectivity index (χ0) is 10.6. The number of rotatable bonds is 3. The number of halogens is 4. The molecule has 14 heavy (non-hydrogen) atoms. The molecule has 0 atom stereocenters. The van der Waals surface area contributed by atoms with Gasteiger partial charge in [-0.05, 0) is 31.8 Å². The Hall–Kier alpha value is 0.230. The van der Waals surface area contributed by atoms with Crippen molar-refractivity contribution in [1.82, 2.24) is 4.90 Å². The van der Waals surface area contributed by atoms with Crippen molar-refractivity contribution >= 4 is 15.9 Å². The molecule has 0 aromatic heterocycles. The summed E-state index contributed by atoms with van der Waals surface area (Å²) in [5.74, 6) is 0.650. The number of piperidine rings is 1. The second kappa shape index (κ2) is 5.35. The van der Waals surface area contributed by atoms with Crippen molar-refractivity contribution in [2.24, 2.45) is 5.92 Å². The summed E-state index contributed by atoms with van der Waals surface area (Å²) in [7, 11) is 0. The minimum atomic E-state index is -4.01. The Labute approximate surface area is 90.8 Å². The van der Waals surface area contributed by atoms with Gasteiger partial charge in [0, 0.05) is 11.9 Å². The first-order valence-corrected chi connectivity index (χ1v) is 5.98. The highest BCUT2D eigenvalue weighted by molar-refractivity contribution is 9.09. The molecule has 0 aromatic rings. The minimum Gasteiger partial charge on any atom is -0.303 e. The highest BCUT2D eigenvalue weighted by Crippen LogP contribution is 2.23. The number of nitrogens with zero attached hydrogens (tertiary/aromatic N) is 1. The molecular weight excluding hydrogens is 259 g/mol. The molecule has 1 aliphatic heterocycles. The van der Waals surface area contributed by atoms with Crippen LogP contribution in [0.1, 0.15) is 19.3 Å². The molecule has 0 N–H and O–H groups in total. The molecule has 1 aliphatic rings. The van der Waals surface area contributed by atoms with Crippen LogP contribution in [0.15, 0.2) is 0 Å². The largest absolute Gasteiger partial charge is 0.390 e. The first kappa shape index (κ1) is 12.3. The van der Waals surface area contributed by atoms with Crippen LogP contribution >= 0.6 is 15.9 Å². The molecule has 84 valence electrons. The summed E-state index contributed by atoms with van der Waals surface area (Å²) < 4.78 is 35.8. The van der Waals surface area contributed by atoms with Gasteiger partial charge in [0.05, 0.1) is 6.42 Å². The molecule has 1 heterocycles. The van der Waals surface area contributed by atoms with E-state index in [2.05, 4.69) is 15.9 Å². The van der Waals surface area contributed by atoms with Crippen molar-refractivity contribution in [3.63, 3.8) is 0 Å². The lowest BCUT2D eigenvalue weighted by atomic mass is 9.99. The van der Waals surface area contributed by atoms with Gasteiger partial charge in [0.2, 0.25) is 0 Å². The van der Waals surface area contributed by atoms with E-state index < -0.39 is 12.6 Å². The van der Waals surface area contributed by atoms with Crippen molar-refractivity contribution in [1.29, 1.82) is 0 Å². The molecule has 1 rings (SSSR count). The van der Waals surface area contributed by atoms with Crippen molar-refractivity contribution in [2.75, 3.05) is 25.0 Å². The van der Waals surface area contributed by atoms with Gasteiger partial charge in [-0.25, -0.2) is 0 Å². The second-order valence-corrected chi connectivity index (χ2v) is 4.45. The quantitative estimate of drug-likeness (QED) is 0.715. The fourth-order valence-corrected chi connectivity index (χ4v) is 2.30. The number of likely N-dealkylation sites (tertiary alicyclic amines) is 1. The molecular formula is C9H15BrF3N. The maximum absolute atomic E-state index is 11.9. The van der Waals surface area contributed by atoms with E-state index in [4.69, 9.17) is 0 Å². The van der Waals surface area contributed by atoms with E-state index in [1.165, 1.54) is 0 Å². The Kier molecular flexibility index (Phi) is 4.70. The lowest BCUT2D eigenvalue weighted by Gasteiger charge is -2.31. The van der Waals surface area contributed by atoms with E-state index in [-0.39, 0.29) is 6.54 Å². The molecule has 0 aliphatic carbocycles. The van der Waals surface area contributed by atoms with Crippen LogP contribution in [-0.4, -0.2) is 36.0 Å². The van der Waals surface area contributed by atoms with Crippen molar-refractivity contribution < 1.29 is 13.2 Å².